The molecule has 0 unspecified atom stereocenters. The summed E-state index contributed by atoms with van der Waals surface area (Å²) in [5, 5.41) is 11.7. The minimum absolute atomic E-state index is 0.414. The smallest absolute Gasteiger partial charge is 0.216 e. The molecule has 0 fully saturated rings. The van der Waals surface area contributed by atoms with Gasteiger partial charge in [0, 0.05) is 5.56 Å². The number of aromatic nitrogens is 3. The summed E-state index contributed by atoms with van der Waals surface area (Å²) in [5.74, 6) is 2.21. The molecule has 0 atom stereocenters. The maximum atomic E-state index is 5.90. The summed E-state index contributed by atoms with van der Waals surface area (Å²) in [6, 6.07) is 25.5. The summed E-state index contributed by atoms with van der Waals surface area (Å²) >= 11 is 5.36. The van der Waals surface area contributed by atoms with Crippen molar-refractivity contribution in [1.29, 1.82) is 0 Å². The molecule has 1 N–H and O–H groups in total. The van der Waals surface area contributed by atoms with E-state index in [1.807, 2.05) is 85.8 Å². The van der Waals surface area contributed by atoms with Gasteiger partial charge in [-0.05, 0) is 66.7 Å². The van der Waals surface area contributed by atoms with Crippen LogP contribution in [0.15, 0.2) is 84.0 Å². The number of aromatic amines is 1. The maximum Gasteiger partial charge on any atom is 0.216 e. The molecule has 3 aromatic carbocycles. The highest BCUT2D eigenvalue weighted by atomic mass is 32.1. The number of ether oxygens (including phenoxy) is 2. The van der Waals surface area contributed by atoms with Crippen molar-refractivity contribution >= 4 is 18.4 Å². The van der Waals surface area contributed by atoms with Gasteiger partial charge in [0.2, 0.25) is 4.77 Å². The molecule has 0 radical (unpaired) electrons. The Hall–Kier alpha value is -3.71. The number of rotatable bonds is 8. The van der Waals surface area contributed by atoms with Gasteiger partial charge in [-0.2, -0.15) is 14.9 Å². The summed E-state index contributed by atoms with van der Waals surface area (Å²) < 4.78 is 13.4. The van der Waals surface area contributed by atoms with E-state index in [-0.39, 0.29) is 0 Å². The average molecular weight is 431 g/mol. The monoisotopic (exact) mass is 430 g/mol. The zero-order valence-electron chi connectivity index (χ0n) is 17.1. The molecule has 1 aromatic heterocycles. The largest absolute Gasteiger partial charge is 0.494 e. The number of hydrogen-bond acceptors (Lipinski definition) is 5. The first-order valence-corrected chi connectivity index (χ1v) is 10.4. The number of H-pyrrole nitrogens is 1. The second-order valence-corrected chi connectivity index (χ2v) is 7.10. The predicted octanol–water partition coefficient (Wildman–Crippen LogP) is 5.47. The maximum absolute atomic E-state index is 5.90. The Labute approximate surface area is 185 Å². The minimum atomic E-state index is 0.414. The van der Waals surface area contributed by atoms with E-state index in [0.717, 1.165) is 28.2 Å². The molecule has 156 valence electrons. The van der Waals surface area contributed by atoms with Crippen molar-refractivity contribution in [3.8, 4) is 22.9 Å². The quantitative estimate of drug-likeness (QED) is 0.297. The Bertz CT molecular complexity index is 1210. The third-order valence-electron chi connectivity index (χ3n) is 4.50. The van der Waals surface area contributed by atoms with Crippen molar-refractivity contribution in [3.63, 3.8) is 0 Å². The van der Waals surface area contributed by atoms with Gasteiger partial charge in [0.05, 0.1) is 12.8 Å². The lowest BCUT2D eigenvalue weighted by Crippen LogP contribution is -1.97. The van der Waals surface area contributed by atoms with Crippen molar-refractivity contribution in [2.45, 2.75) is 13.5 Å². The molecule has 0 saturated heterocycles. The molecule has 0 bridgehead atoms. The Kier molecular flexibility index (Phi) is 6.54. The van der Waals surface area contributed by atoms with Gasteiger partial charge in [-0.25, -0.2) is 5.10 Å². The van der Waals surface area contributed by atoms with Gasteiger partial charge in [-0.3, -0.25) is 0 Å². The molecule has 31 heavy (non-hydrogen) atoms. The third-order valence-corrected chi connectivity index (χ3v) is 4.77. The molecular weight excluding hydrogens is 408 g/mol. The number of benzene rings is 3. The predicted molar refractivity (Wildman–Crippen MR) is 124 cm³/mol. The van der Waals surface area contributed by atoms with Crippen molar-refractivity contribution in [2.24, 2.45) is 5.10 Å². The van der Waals surface area contributed by atoms with E-state index in [4.69, 9.17) is 21.7 Å². The second-order valence-electron chi connectivity index (χ2n) is 6.71. The fourth-order valence-electron chi connectivity index (χ4n) is 3.00. The number of nitrogens with one attached hydrogen (secondary N) is 1. The lowest BCUT2D eigenvalue weighted by atomic mass is 10.2. The molecule has 1 heterocycles. The lowest BCUT2D eigenvalue weighted by Gasteiger charge is -2.07. The van der Waals surface area contributed by atoms with Gasteiger partial charge < -0.3 is 9.47 Å². The van der Waals surface area contributed by atoms with Gasteiger partial charge in [-0.1, -0.05) is 42.5 Å². The minimum Gasteiger partial charge on any atom is -0.494 e. The molecule has 0 spiro atoms. The molecule has 0 aliphatic carbocycles. The van der Waals surface area contributed by atoms with Crippen LogP contribution in [0.5, 0.6) is 11.5 Å². The van der Waals surface area contributed by atoms with Crippen molar-refractivity contribution in [2.75, 3.05) is 6.61 Å². The first-order valence-electron chi connectivity index (χ1n) is 9.95. The van der Waals surface area contributed by atoms with Crippen LogP contribution in [0.3, 0.4) is 0 Å². The van der Waals surface area contributed by atoms with E-state index < -0.39 is 0 Å². The van der Waals surface area contributed by atoms with Gasteiger partial charge in [0.15, 0.2) is 5.82 Å². The van der Waals surface area contributed by atoms with E-state index >= 15 is 0 Å². The average Bonchev–Trinajstić information content (AvgIpc) is 3.18. The SMILES string of the molecule is CCOc1ccc(-c2n[nH]c(=S)n2N=Cc2cccc(OCc3ccccc3)c2)cc1. The number of nitrogens with zero attached hydrogens (tertiary/aromatic N) is 3. The van der Waals surface area contributed by atoms with Gasteiger partial charge >= 0.3 is 0 Å². The first-order chi connectivity index (χ1) is 15.2. The molecule has 0 aliphatic rings. The van der Waals surface area contributed by atoms with Crippen LogP contribution in [-0.2, 0) is 6.61 Å². The third kappa shape index (κ3) is 5.26. The van der Waals surface area contributed by atoms with Crippen LogP contribution in [0.1, 0.15) is 18.1 Å². The van der Waals surface area contributed by atoms with Gasteiger partial charge in [0.1, 0.15) is 18.1 Å². The summed E-state index contributed by atoms with van der Waals surface area (Å²) in [4.78, 5) is 0. The molecule has 0 amide bonds. The summed E-state index contributed by atoms with van der Waals surface area (Å²) in [5.41, 5.74) is 2.89. The van der Waals surface area contributed by atoms with E-state index in [2.05, 4.69) is 15.3 Å². The molecule has 0 saturated carbocycles. The Morgan fingerprint density at radius 2 is 1.77 bits per heavy atom. The van der Waals surface area contributed by atoms with Crippen molar-refractivity contribution < 1.29 is 9.47 Å². The first kappa shape index (κ1) is 20.6. The zero-order valence-corrected chi connectivity index (χ0v) is 17.9. The molecule has 0 aliphatic heterocycles. The van der Waals surface area contributed by atoms with Crippen LogP contribution in [0.2, 0.25) is 0 Å². The summed E-state index contributed by atoms with van der Waals surface area (Å²) in [6.07, 6.45) is 1.73. The van der Waals surface area contributed by atoms with Crippen LogP contribution < -0.4 is 9.47 Å². The molecule has 6 nitrogen and oxygen atoms in total. The van der Waals surface area contributed by atoms with E-state index in [0.29, 0.717) is 23.8 Å². The molecule has 4 rings (SSSR count). The topological polar surface area (TPSA) is 64.4 Å². The number of hydrogen-bond donors (Lipinski definition) is 1. The highest BCUT2D eigenvalue weighted by Crippen LogP contribution is 2.21. The van der Waals surface area contributed by atoms with Crippen LogP contribution in [0.25, 0.3) is 11.4 Å². The Morgan fingerprint density at radius 3 is 2.55 bits per heavy atom. The van der Waals surface area contributed by atoms with Crippen LogP contribution in [-0.4, -0.2) is 27.7 Å². The van der Waals surface area contributed by atoms with E-state index in [9.17, 15) is 0 Å². The second kappa shape index (κ2) is 9.86. The van der Waals surface area contributed by atoms with E-state index in [1.165, 1.54) is 0 Å². The fraction of sp³-hybridized carbons (Fsp3) is 0.125. The van der Waals surface area contributed by atoms with E-state index in [1.54, 1.807) is 10.9 Å². The van der Waals surface area contributed by atoms with Crippen molar-refractivity contribution in [1.82, 2.24) is 14.9 Å². The zero-order chi connectivity index (χ0) is 21.5. The van der Waals surface area contributed by atoms with Gasteiger partial charge in [-0.15, -0.1) is 0 Å². The Morgan fingerprint density at radius 1 is 0.968 bits per heavy atom. The molecular formula is C24H22N4O2S. The molecule has 7 heteroatoms. The standard InChI is InChI=1S/C24H22N4O2S/c1-2-29-21-13-11-20(12-14-21)23-26-27-24(31)28(23)25-16-19-9-6-10-22(15-19)30-17-18-7-4-3-5-8-18/h3-16H,2,17H2,1H3,(H,27,31). The highest BCUT2D eigenvalue weighted by molar-refractivity contribution is 7.71. The van der Waals surface area contributed by atoms with Crippen LogP contribution in [0.4, 0.5) is 0 Å². The fourth-order valence-corrected chi connectivity index (χ4v) is 3.18. The Balaban J connectivity index is 1.51. The van der Waals surface area contributed by atoms with Crippen LogP contribution >= 0.6 is 12.2 Å². The van der Waals surface area contributed by atoms with Gasteiger partial charge in [0.25, 0.3) is 0 Å². The summed E-state index contributed by atoms with van der Waals surface area (Å²) in [6.45, 7) is 3.09. The highest BCUT2D eigenvalue weighted by Gasteiger charge is 2.08. The lowest BCUT2D eigenvalue weighted by molar-refractivity contribution is 0.306. The normalized spacial score (nSPS) is 11.0. The van der Waals surface area contributed by atoms with Crippen LogP contribution in [0, 0.1) is 4.77 Å². The molecule has 4 aromatic rings. The summed E-state index contributed by atoms with van der Waals surface area (Å²) in [7, 11) is 0. The van der Waals surface area contributed by atoms with Crippen molar-refractivity contribution in [3.05, 3.63) is 94.8 Å².